The Balaban J connectivity index is 2.03. The Hall–Kier alpha value is -1.39. The number of alkyl halides is 1. The van der Waals surface area contributed by atoms with Gasteiger partial charge in [0.2, 0.25) is 5.91 Å². The lowest BCUT2D eigenvalue weighted by Crippen LogP contribution is -2.19. The van der Waals surface area contributed by atoms with Gasteiger partial charge in [-0.2, -0.15) is 0 Å². The van der Waals surface area contributed by atoms with Crippen LogP contribution in [0.3, 0.4) is 0 Å². The number of hydrogen-bond acceptors (Lipinski definition) is 3. The number of hydrogen-bond donors (Lipinski definition) is 1. The first kappa shape index (κ1) is 14.0. The smallest absolute Gasteiger partial charge is 0.243 e. The molecule has 1 aromatic heterocycles. The van der Waals surface area contributed by atoms with Crippen molar-refractivity contribution in [1.29, 1.82) is 0 Å². The van der Waals surface area contributed by atoms with Crippen LogP contribution in [0.1, 0.15) is 22.9 Å². The Labute approximate surface area is 121 Å². The molecular formula is C14H15ClN2OS. The first-order valence-electron chi connectivity index (χ1n) is 6.00. The normalized spacial score (nSPS) is 12.2. The van der Waals surface area contributed by atoms with Gasteiger partial charge in [-0.05, 0) is 19.4 Å². The van der Waals surface area contributed by atoms with Crippen LogP contribution in [0.15, 0.2) is 30.5 Å². The maximum atomic E-state index is 11.4. The Morgan fingerprint density at radius 3 is 3.00 bits per heavy atom. The van der Waals surface area contributed by atoms with Gasteiger partial charge in [0.25, 0.3) is 0 Å². The second-order valence-electron chi connectivity index (χ2n) is 4.40. The molecule has 1 atom stereocenters. The number of nitrogens with one attached hydrogen (secondary N) is 1. The van der Waals surface area contributed by atoms with E-state index in [9.17, 15) is 4.79 Å². The quantitative estimate of drug-likeness (QED) is 0.875. The predicted molar refractivity (Wildman–Crippen MR) is 80.0 cm³/mol. The summed E-state index contributed by atoms with van der Waals surface area (Å²) >= 11 is 7.17. The minimum Gasteiger partial charge on any atom is -0.301 e. The van der Waals surface area contributed by atoms with Crippen LogP contribution in [0.4, 0.5) is 5.13 Å². The number of rotatable bonds is 4. The molecule has 2 aromatic rings. The average molecular weight is 295 g/mol. The highest BCUT2D eigenvalue weighted by Gasteiger charge is 2.11. The van der Waals surface area contributed by atoms with Crippen LogP contribution < -0.4 is 5.32 Å². The molecule has 0 aliphatic rings. The van der Waals surface area contributed by atoms with E-state index in [1.165, 1.54) is 22.5 Å². The molecule has 0 saturated carbocycles. The molecule has 0 aliphatic heterocycles. The van der Waals surface area contributed by atoms with Crippen molar-refractivity contribution in [1.82, 2.24) is 4.98 Å². The topological polar surface area (TPSA) is 42.0 Å². The van der Waals surface area contributed by atoms with E-state index in [-0.39, 0.29) is 5.91 Å². The molecule has 1 aromatic carbocycles. The number of carbonyl (C=O) groups excluding carboxylic acids is 1. The van der Waals surface area contributed by atoms with E-state index in [4.69, 9.17) is 11.6 Å². The summed E-state index contributed by atoms with van der Waals surface area (Å²) in [6, 6.07) is 8.36. The van der Waals surface area contributed by atoms with Crippen molar-refractivity contribution >= 4 is 34.0 Å². The first-order valence-corrected chi connectivity index (χ1v) is 7.25. The summed E-state index contributed by atoms with van der Waals surface area (Å²) in [6.07, 6.45) is 2.62. The molecular weight excluding hydrogens is 280 g/mol. The molecule has 1 amide bonds. The van der Waals surface area contributed by atoms with Crippen LogP contribution >= 0.6 is 22.9 Å². The molecule has 1 N–H and O–H groups in total. The van der Waals surface area contributed by atoms with Crippen LogP contribution in [-0.2, 0) is 11.2 Å². The number of nitrogens with zero attached hydrogens (tertiary/aromatic N) is 1. The molecule has 19 heavy (non-hydrogen) atoms. The zero-order valence-electron chi connectivity index (χ0n) is 10.8. The summed E-state index contributed by atoms with van der Waals surface area (Å²) in [5, 5.41) is 2.74. The predicted octanol–water partition coefficient (Wildman–Crippen LogP) is 3.61. The van der Waals surface area contributed by atoms with Gasteiger partial charge in [-0.1, -0.05) is 29.8 Å². The molecule has 2 rings (SSSR count). The lowest BCUT2D eigenvalue weighted by Gasteiger charge is -2.02. The fourth-order valence-electron chi connectivity index (χ4n) is 1.68. The number of amides is 1. The summed E-state index contributed by atoms with van der Waals surface area (Å²) in [7, 11) is 0. The van der Waals surface area contributed by atoms with Crippen LogP contribution in [0.2, 0.25) is 0 Å². The molecule has 0 bridgehead atoms. The van der Waals surface area contributed by atoms with Crippen LogP contribution in [0, 0.1) is 6.92 Å². The van der Waals surface area contributed by atoms with E-state index in [1.807, 2.05) is 6.07 Å². The highest BCUT2D eigenvalue weighted by atomic mass is 35.5. The first-order chi connectivity index (χ1) is 9.04. The van der Waals surface area contributed by atoms with E-state index in [2.05, 4.69) is 35.4 Å². The van der Waals surface area contributed by atoms with Crippen LogP contribution in [-0.4, -0.2) is 16.3 Å². The van der Waals surface area contributed by atoms with E-state index in [1.54, 1.807) is 13.1 Å². The second-order valence-corrected chi connectivity index (χ2v) is 6.17. The minimum atomic E-state index is -0.552. The van der Waals surface area contributed by atoms with Gasteiger partial charge in [-0.3, -0.25) is 4.79 Å². The van der Waals surface area contributed by atoms with Crippen molar-refractivity contribution in [3.8, 4) is 0 Å². The molecule has 0 saturated heterocycles. The summed E-state index contributed by atoms with van der Waals surface area (Å²) in [6.45, 7) is 3.71. The lowest BCUT2D eigenvalue weighted by molar-refractivity contribution is -0.115. The number of aromatic nitrogens is 1. The standard InChI is InChI=1S/C14H15ClN2OS/c1-9-4-3-5-11(6-9)7-12-8-16-14(19-12)17-13(18)10(2)15/h3-6,8,10H,7H2,1-2H3,(H,16,17,18)/t10-/m0/s1. The molecule has 0 spiro atoms. The minimum absolute atomic E-state index is 0.224. The monoisotopic (exact) mass is 294 g/mol. The fraction of sp³-hybridized carbons (Fsp3) is 0.286. The van der Waals surface area contributed by atoms with E-state index >= 15 is 0 Å². The lowest BCUT2D eigenvalue weighted by atomic mass is 10.1. The highest BCUT2D eigenvalue weighted by Crippen LogP contribution is 2.21. The zero-order chi connectivity index (χ0) is 13.8. The summed E-state index contributed by atoms with van der Waals surface area (Å²) in [4.78, 5) is 16.7. The number of aryl methyl sites for hydroxylation is 1. The Morgan fingerprint density at radius 1 is 1.53 bits per heavy atom. The van der Waals surface area contributed by atoms with Crippen molar-refractivity contribution in [3.63, 3.8) is 0 Å². The van der Waals surface area contributed by atoms with Crippen molar-refractivity contribution in [2.75, 3.05) is 5.32 Å². The van der Waals surface area contributed by atoms with Gasteiger partial charge in [0.05, 0.1) is 0 Å². The van der Waals surface area contributed by atoms with Gasteiger partial charge in [0.15, 0.2) is 5.13 Å². The maximum Gasteiger partial charge on any atom is 0.243 e. The van der Waals surface area contributed by atoms with Crippen molar-refractivity contribution in [2.24, 2.45) is 0 Å². The Kier molecular flexibility index (Phi) is 4.56. The van der Waals surface area contributed by atoms with Gasteiger partial charge < -0.3 is 5.32 Å². The second kappa shape index (κ2) is 6.17. The number of thiazole rings is 1. The molecule has 100 valence electrons. The molecule has 1 heterocycles. The maximum absolute atomic E-state index is 11.4. The number of benzene rings is 1. The number of carbonyl (C=O) groups is 1. The number of anilines is 1. The zero-order valence-corrected chi connectivity index (χ0v) is 12.4. The van der Waals surface area contributed by atoms with Gasteiger partial charge in [0, 0.05) is 17.5 Å². The molecule has 0 aliphatic carbocycles. The molecule has 5 heteroatoms. The Bertz CT molecular complexity index is 580. The molecule has 0 radical (unpaired) electrons. The van der Waals surface area contributed by atoms with E-state index < -0.39 is 5.38 Å². The summed E-state index contributed by atoms with van der Waals surface area (Å²) in [5.74, 6) is -0.224. The molecule has 0 fully saturated rings. The Morgan fingerprint density at radius 2 is 2.32 bits per heavy atom. The third-order valence-corrected chi connectivity index (χ3v) is 3.72. The largest absolute Gasteiger partial charge is 0.301 e. The third-order valence-electron chi connectivity index (χ3n) is 2.61. The van der Waals surface area contributed by atoms with Gasteiger partial charge in [-0.15, -0.1) is 22.9 Å². The molecule has 0 unspecified atom stereocenters. The van der Waals surface area contributed by atoms with Gasteiger partial charge in [0.1, 0.15) is 5.38 Å². The van der Waals surface area contributed by atoms with Gasteiger partial charge in [-0.25, -0.2) is 4.98 Å². The molecule has 3 nitrogen and oxygen atoms in total. The van der Waals surface area contributed by atoms with Crippen molar-refractivity contribution < 1.29 is 4.79 Å². The van der Waals surface area contributed by atoms with Crippen LogP contribution in [0.25, 0.3) is 0 Å². The van der Waals surface area contributed by atoms with E-state index in [0.29, 0.717) is 5.13 Å². The highest BCUT2D eigenvalue weighted by molar-refractivity contribution is 7.15. The fourth-order valence-corrected chi connectivity index (χ4v) is 2.58. The number of halogens is 1. The SMILES string of the molecule is Cc1cccc(Cc2cnc(NC(=O)[C@H](C)Cl)s2)c1. The summed E-state index contributed by atoms with van der Waals surface area (Å²) < 4.78 is 0. The average Bonchev–Trinajstić information content (AvgIpc) is 2.76. The summed E-state index contributed by atoms with van der Waals surface area (Å²) in [5.41, 5.74) is 2.48. The van der Waals surface area contributed by atoms with Crippen molar-refractivity contribution in [2.45, 2.75) is 25.6 Å². The van der Waals surface area contributed by atoms with Crippen LogP contribution in [0.5, 0.6) is 0 Å². The third kappa shape index (κ3) is 4.04. The van der Waals surface area contributed by atoms with Crippen molar-refractivity contribution in [3.05, 3.63) is 46.5 Å². The van der Waals surface area contributed by atoms with Gasteiger partial charge >= 0.3 is 0 Å². The van der Waals surface area contributed by atoms with E-state index in [0.717, 1.165) is 11.3 Å².